The zero-order chi connectivity index (χ0) is 16.6. The van der Waals surface area contributed by atoms with E-state index in [0.717, 1.165) is 23.9 Å². The van der Waals surface area contributed by atoms with Gasteiger partial charge in [0.2, 0.25) is 5.91 Å². The van der Waals surface area contributed by atoms with Gasteiger partial charge >= 0.3 is 5.69 Å². The molecule has 6 heteroatoms. The number of nitrogens with two attached hydrogens (primary N) is 1. The molecule has 1 saturated carbocycles. The maximum Gasteiger partial charge on any atom is 0.328 e. The van der Waals surface area contributed by atoms with Crippen LogP contribution in [0.2, 0.25) is 0 Å². The van der Waals surface area contributed by atoms with Gasteiger partial charge in [0.05, 0.1) is 16.6 Å². The monoisotopic (exact) mass is 316 g/mol. The van der Waals surface area contributed by atoms with Crippen LogP contribution < -0.4 is 16.7 Å². The minimum atomic E-state index is -0.319. The molecule has 3 N–H and O–H groups in total. The van der Waals surface area contributed by atoms with E-state index in [1.54, 1.807) is 16.2 Å². The summed E-state index contributed by atoms with van der Waals surface area (Å²) < 4.78 is 3.27. The van der Waals surface area contributed by atoms with Gasteiger partial charge < -0.3 is 11.1 Å². The summed E-state index contributed by atoms with van der Waals surface area (Å²) in [4.78, 5) is 24.6. The van der Waals surface area contributed by atoms with Crippen molar-refractivity contribution >= 4 is 16.9 Å². The molecule has 1 aromatic heterocycles. The molecule has 23 heavy (non-hydrogen) atoms. The number of carbonyl (C=O) groups is 1. The van der Waals surface area contributed by atoms with Gasteiger partial charge in [-0.05, 0) is 37.8 Å². The van der Waals surface area contributed by atoms with Gasteiger partial charge in [0.1, 0.15) is 0 Å². The lowest BCUT2D eigenvalue weighted by atomic mass is 9.96. The standard InChI is InChI=1S/C17H24N4O2/c1-17(11-18,12-7-8-12)19-15(22)9-10-21-14-6-4-3-5-13(14)20(2)16(21)23/h3-6,12H,7-11,18H2,1-2H3,(H,19,22). The van der Waals surface area contributed by atoms with E-state index in [4.69, 9.17) is 5.73 Å². The third-order valence-corrected chi connectivity index (χ3v) is 4.94. The molecule has 0 saturated heterocycles. The van der Waals surface area contributed by atoms with Gasteiger partial charge in [-0.15, -0.1) is 0 Å². The Kier molecular flexibility index (Phi) is 4.02. The van der Waals surface area contributed by atoms with E-state index < -0.39 is 0 Å². The van der Waals surface area contributed by atoms with Crippen LogP contribution in [0.25, 0.3) is 11.0 Å². The van der Waals surface area contributed by atoms with Gasteiger partial charge in [-0.25, -0.2) is 4.79 Å². The fourth-order valence-electron chi connectivity index (χ4n) is 3.21. The van der Waals surface area contributed by atoms with Crippen molar-refractivity contribution in [3.05, 3.63) is 34.7 Å². The minimum Gasteiger partial charge on any atom is -0.349 e. The molecule has 1 aliphatic rings. The normalized spacial score (nSPS) is 17.2. The summed E-state index contributed by atoms with van der Waals surface area (Å²) in [7, 11) is 1.75. The lowest BCUT2D eigenvalue weighted by Gasteiger charge is -2.29. The number of imidazole rings is 1. The number of carbonyl (C=O) groups excluding carboxylic acids is 1. The molecule has 1 heterocycles. The second-order valence-electron chi connectivity index (χ2n) is 6.68. The molecule has 1 amide bonds. The summed E-state index contributed by atoms with van der Waals surface area (Å²) in [6, 6.07) is 7.62. The van der Waals surface area contributed by atoms with Gasteiger partial charge in [0.15, 0.2) is 0 Å². The summed E-state index contributed by atoms with van der Waals surface area (Å²) in [5, 5.41) is 3.06. The van der Waals surface area contributed by atoms with Gasteiger partial charge in [-0.3, -0.25) is 13.9 Å². The van der Waals surface area contributed by atoms with Gasteiger partial charge in [-0.1, -0.05) is 12.1 Å². The molecule has 3 rings (SSSR count). The highest BCUT2D eigenvalue weighted by atomic mass is 16.2. The Balaban J connectivity index is 1.72. The lowest BCUT2D eigenvalue weighted by molar-refractivity contribution is -0.123. The number of benzene rings is 1. The predicted molar refractivity (Wildman–Crippen MR) is 90.1 cm³/mol. The summed E-state index contributed by atoms with van der Waals surface area (Å²) in [6.45, 7) is 2.82. The molecular formula is C17H24N4O2. The smallest absolute Gasteiger partial charge is 0.328 e. The number of amides is 1. The van der Waals surface area contributed by atoms with Gasteiger partial charge in [0, 0.05) is 26.6 Å². The first kappa shape index (κ1) is 15.8. The van der Waals surface area contributed by atoms with E-state index in [9.17, 15) is 9.59 Å². The average Bonchev–Trinajstić information content (AvgIpc) is 3.36. The Morgan fingerprint density at radius 1 is 1.35 bits per heavy atom. The van der Waals surface area contributed by atoms with E-state index in [0.29, 0.717) is 19.0 Å². The number of aromatic nitrogens is 2. The molecule has 2 aromatic rings. The molecule has 1 fully saturated rings. The first-order valence-electron chi connectivity index (χ1n) is 8.11. The Morgan fingerprint density at radius 2 is 2.00 bits per heavy atom. The number of fused-ring (bicyclic) bond motifs is 1. The molecule has 0 radical (unpaired) electrons. The first-order valence-corrected chi connectivity index (χ1v) is 8.11. The largest absolute Gasteiger partial charge is 0.349 e. The van der Waals surface area contributed by atoms with Crippen LogP contribution in [0.4, 0.5) is 0 Å². The number of rotatable bonds is 6. The Hall–Kier alpha value is -2.08. The summed E-state index contributed by atoms with van der Waals surface area (Å²) in [5.41, 5.74) is 7.15. The third-order valence-electron chi connectivity index (χ3n) is 4.94. The van der Waals surface area contributed by atoms with Crippen molar-refractivity contribution in [1.29, 1.82) is 0 Å². The Morgan fingerprint density at radius 3 is 2.61 bits per heavy atom. The van der Waals surface area contributed by atoms with Crippen LogP contribution in [-0.2, 0) is 18.4 Å². The lowest BCUT2D eigenvalue weighted by Crippen LogP contribution is -2.53. The van der Waals surface area contributed by atoms with Crippen molar-refractivity contribution in [3.8, 4) is 0 Å². The number of para-hydroxylation sites is 2. The van der Waals surface area contributed by atoms with Crippen molar-refractivity contribution in [2.24, 2.45) is 18.7 Å². The number of hydrogen-bond donors (Lipinski definition) is 2. The molecule has 124 valence electrons. The van der Waals surface area contributed by atoms with Crippen LogP contribution in [0.5, 0.6) is 0 Å². The Labute approximate surface area is 135 Å². The molecular weight excluding hydrogens is 292 g/mol. The highest BCUT2D eigenvalue weighted by Gasteiger charge is 2.41. The zero-order valence-corrected chi connectivity index (χ0v) is 13.7. The van der Waals surface area contributed by atoms with Crippen LogP contribution in [0, 0.1) is 5.92 Å². The van der Waals surface area contributed by atoms with Crippen molar-refractivity contribution in [1.82, 2.24) is 14.5 Å². The van der Waals surface area contributed by atoms with Crippen molar-refractivity contribution in [2.75, 3.05) is 6.54 Å². The first-order chi connectivity index (χ1) is 11.0. The average molecular weight is 316 g/mol. The highest BCUT2D eigenvalue weighted by molar-refractivity contribution is 5.78. The van der Waals surface area contributed by atoms with Crippen molar-refractivity contribution < 1.29 is 4.79 Å². The third kappa shape index (κ3) is 2.91. The molecule has 1 aliphatic carbocycles. The second kappa shape index (κ2) is 5.85. The van der Waals surface area contributed by atoms with E-state index in [1.807, 2.05) is 31.2 Å². The zero-order valence-electron chi connectivity index (χ0n) is 13.7. The minimum absolute atomic E-state index is 0.0512. The summed E-state index contributed by atoms with van der Waals surface area (Å²) in [5.74, 6) is 0.432. The van der Waals surface area contributed by atoms with Crippen LogP contribution in [0.1, 0.15) is 26.2 Å². The molecule has 0 bridgehead atoms. The van der Waals surface area contributed by atoms with E-state index in [2.05, 4.69) is 5.32 Å². The summed E-state index contributed by atoms with van der Waals surface area (Å²) >= 11 is 0. The van der Waals surface area contributed by atoms with Crippen LogP contribution >= 0.6 is 0 Å². The topological polar surface area (TPSA) is 82.0 Å². The molecule has 1 atom stereocenters. The maximum atomic E-state index is 12.3. The molecule has 6 nitrogen and oxygen atoms in total. The molecule has 1 aromatic carbocycles. The summed E-state index contributed by atoms with van der Waals surface area (Å²) in [6.07, 6.45) is 2.52. The number of nitrogens with one attached hydrogen (secondary N) is 1. The highest BCUT2D eigenvalue weighted by Crippen LogP contribution is 2.38. The fraction of sp³-hybridized carbons (Fsp3) is 0.529. The van der Waals surface area contributed by atoms with E-state index in [1.165, 1.54) is 0 Å². The van der Waals surface area contributed by atoms with E-state index in [-0.39, 0.29) is 23.6 Å². The fourth-order valence-corrected chi connectivity index (χ4v) is 3.21. The van der Waals surface area contributed by atoms with Gasteiger partial charge in [0.25, 0.3) is 0 Å². The quantitative estimate of drug-likeness (QED) is 0.833. The Bertz CT molecular complexity index is 787. The van der Waals surface area contributed by atoms with E-state index >= 15 is 0 Å². The molecule has 1 unspecified atom stereocenters. The second-order valence-corrected chi connectivity index (χ2v) is 6.68. The maximum absolute atomic E-state index is 12.3. The molecule has 0 spiro atoms. The number of nitrogens with zero attached hydrogens (tertiary/aromatic N) is 2. The predicted octanol–water partition coefficient (Wildman–Crippen LogP) is 0.974. The molecule has 0 aliphatic heterocycles. The van der Waals surface area contributed by atoms with Crippen LogP contribution in [0.15, 0.2) is 29.1 Å². The number of hydrogen-bond acceptors (Lipinski definition) is 3. The van der Waals surface area contributed by atoms with Gasteiger partial charge in [-0.2, -0.15) is 0 Å². The van der Waals surface area contributed by atoms with Crippen LogP contribution in [0.3, 0.4) is 0 Å². The van der Waals surface area contributed by atoms with Crippen LogP contribution in [-0.4, -0.2) is 27.1 Å². The van der Waals surface area contributed by atoms with Crippen molar-refractivity contribution in [3.63, 3.8) is 0 Å². The van der Waals surface area contributed by atoms with Crippen molar-refractivity contribution in [2.45, 2.75) is 38.3 Å². The SMILES string of the molecule is Cn1c(=O)n(CCC(=O)NC(C)(CN)C2CC2)c2ccccc21. The number of aryl methyl sites for hydroxylation is 2.